The zero-order valence-corrected chi connectivity index (χ0v) is 18.3. The number of H-pyrrole nitrogens is 1. The zero-order valence-electron chi connectivity index (χ0n) is 18.3. The van der Waals surface area contributed by atoms with E-state index < -0.39 is 37.6 Å². The topological polar surface area (TPSA) is 74.8 Å². The van der Waals surface area contributed by atoms with Crippen LogP contribution in [0.3, 0.4) is 0 Å². The minimum Gasteiger partial charge on any atom is -0.485 e. The summed E-state index contributed by atoms with van der Waals surface area (Å²) in [5, 5.41) is 9.76. The molecule has 2 atom stereocenters. The van der Waals surface area contributed by atoms with Gasteiger partial charge in [-0.3, -0.25) is 4.90 Å². The summed E-state index contributed by atoms with van der Waals surface area (Å²) in [6, 6.07) is 9.34. The lowest BCUT2D eigenvalue weighted by atomic mass is 9.87. The number of ether oxygens (including phenoxy) is 2. The molecule has 0 radical (unpaired) electrons. The van der Waals surface area contributed by atoms with E-state index in [2.05, 4.69) is 4.98 Å². The summed E-state index contributed by atoms with van der Waals surface area (Å²) < 4.78 is 63.5. The van der Waals surface area contributed by atoms with Crippen LogP contribution in [0.2, 0.25) is 0 Å². The number of piperidine rings is 1. The summed E-state index contributed by atoms with van der Waals surface area (Å²) in [6.07, 6.45) is -1.00. The number of fused-ring (bicyclic) bond motifs is 1. The second-order valence-electron chi connectivity index (χ2n) is 8.29. The van der Waals surface area contributed by atoms with Gasteiger partial charge in [-0.05, 0) is 48.7 Å². The highest BCUT2D eigenvalue weighted by Crippen LogP contribution is 2.41. The minimum atomic E-state index is -3.05. The van der Waals surface area contributed by atoms with Gasteiger partial charge in [0.15, 0.2) is 11.5 Å². The Hall–Kier alpha value is -3.27. The van der Waals surface area contributed by atoms with Gasteiger partial charge in [0.25, 0.3) is 6.43 Å². The number of carboxylic acids is 1. The number of aromatic carboxylic acids is 1. The third-order valence-electron chi connectivity index (χ3n) is 6.06. The SMILES string of the molecule is Cc1cc(OC(F)F)c(O[C@@H]2CCN(CC(F)F)C[C@H]2c2ccc(C(=O)O)cc2)c2cc[nH]c12. The molecule has 0 spiro atoms. The number of nitrogens with zero attached hydrogens (tertiary/aromatic N) is 1. The minimum absolute atomic E-state index is 0.0987. The molecule has 1 aliphatic heterocycles. The van der Waals surface area contributed by atoms with Crippen molar-refractivity contribution in [2.75, 3.05) is 19.6 Å². The van der Waals surface area contributed by atoms with Crippen LogP contribution in [0.1, 0.15) is 33.8 Å². The predicted octanol–water partition coefficient (Wildman–Crippen LogP) is 5.28. The fourth-order valence-corrected chi connectivity index (χ4v) is 4.50. The van der Waals surface area contributed by atoms with Crippen LogP contribution in [0.15, 0.2) is 42.6 Å². The van der Waals surface area contributed by atoms with Gasteiger partial charge in [-0.15, -0.1) is 0 Å². The van der Waals surface area contributed by atoms with Gasteiger partial charge >= 0.3 is 12.6 Å². The molecule has 34 heavy (non-hydrogen) atoms. The number of halogens is 4. The van der Waals surface area contributed by atoms with Gasteiger partial charge in [0.1, 0.15) is 6.10 Å². The first-order chi connectivity index (χ1) is 16.2. The molecule has 1 aliphatic rings. The zero-order chi connectivity index (χ0) is 24.4. The molecule has 1 saturated heterocycles. The molecule has 6 nitrogen and oxygen atoms in total. The lowest BCUT2D eigenvalue weighted by Gasteiger charge is -2.39. The Morgan fingerprint density at radius 1 is 1.21 bits per heavy atom. The standard InChI is InChI=1S/C24H24F4N2O4/c1-13-10-19(34-24(27)28)22(16-6-8-29-21(13)16)33-18-7-9-30(12-20(25)26)11-17(18)14-2-4-15(5-3-14)23(31)32/h2-6,8,10,17-18,20,24,29H,7,9,11-12H2,1H3,(H,31,32)/t17-,18+/m0/s1. The van der Waals surface area contributed by atoms with Gasteiger partial charge in [0.05, 0.1) is 17.6 Å². The van der Waals surface area contributed by atoms with Gasteiger partial charge in [-0.2, -0.15) is 8.78 Å². The van der Waals surface area contributed by atoms with E-state index in [0.717, 1.165) is 0 Å². The highest BCUT2D eigenvalue weighted by molar-refractivity contribution is 5.91. The van der Waals surface area contributed by atoms with Crippen LogP contribution in [0, 0.1) is 6.92 Å². The number of carboxylic acid groups (broad SMARTS) is 1. The normalized spacial score (nSPS) is 19.1. The first-order valence-electron chi connectivity index (χ1n) is 10.8. The Morgan fingerprint density at radius 2 is 1.94 bits per heavy atom. The number of likely N-dealkylation sites (tertiary alicyclic amines) is 1. The Bertz CT molecular complexity index is 1150. The van der Waals surface area contributed by atoms with E-state index in [1.807, 2.05) is 0 Å². The highest BCUT2D eigenvalue weighted by Gasteiger charge is 2.34. The monoisotopic (exact) mass is 480 g/mol. The second kappa shape index (κ2) is 9.92. The van der Waals surface area contributed by atoms with Crippen LogP contribution < -0.4 is 9.47 Å². The average molecular weight is 480 g/mol. The van der Waals surface area contributed by atoms with Crippen LogP contribution in [-0.2, 0) is 0 Å². The van der Waals surface area contributed by atoms with Crippen molar-refractivity contribution in [2.45, 2.75) is 38.4 Å². The summed E-state index contributed by atoms with van der Waals surface area (Å²) >= 11 is 0. The van der Waals surface area contributed by atoms with Gasteiger partial charge in [-0.1, -0.05) is 12.1 Å². The van der Waals surface area contributed by atoms with E-state index in [9.17, 15) is 27.5 Å². The summed E-state index contributed by atoms with van der Waals surface area (Å²) in [7, 11) is 0. The van der Waals surface area contributed by atoms with E-state index in [4.69, 9.17) is 9.47 Å². The van der Waals surface area contributed by atoms with Crippen molar-refractivity contribution < 1.29 is 36.9 Å². The number of benzene rings is 2. The molecule has 1 aromatic heterocycles. The first kappa shape index (κ1) is 23.9. The number of aromatic amines is 1. The molecule has 4 rings (SSSR count). The summed E-state index contributed by atoms with van der Waals surface area (Å²) in [5.41, 5.74) is 2.23. The Labute approximate surface area is 193 Å². The fraction of sp³-hybridized carbons (Fsp3) is 0.375. The number of hydrogen-bond acceptors (Lipinski definition) is 4. The van der Waals surface area contributed by atoms with Gasteiger partial charge in [-0.25, -0.2) is 13.6 Å². The molecule has 0 amide bonds. The number of alkyl halides is 4. The van der Waals surface area contributed by atoms with Crippen LogP contribution in [0.25, 0.3) is 10.9 Å². The van der Waals surface area contributed by atoms with Crippen molar-refractivity contribution >= 4 is 16.9 Å². The predicted molar refractivity (Wildman–Crippen MR) is 117 cm³/mol. The van der Waals surface area contributed by atoms with E-state index in [1.165, 1.54) is 18.2 Å². The number of nitrogens with one attached hydrogen (secondary N) is 1. The molecule has 2 aromatic carbocycles. The molecular formula is C24H24F4N2O4. The van der Waals surface area contributed by atoms with E-state index >= 15 is 0 Å². The largest absolute Gasteiger partial charge is 0.485 e. The Morgan fingerprint density at radius 3 is 2.59 bits per heavy atom. The molecule has 182 valence electrons. The quantitative estimate of drug-likeness (QED) is 0.430. The molecule has 10 heteroatoms. The molecule has 3 aromatic rings. The third kappa shape index (κ3) is 5.11. The lowest BCUT2D eigenvalue weighted by Crippen LogP contribution is -2.45. The van der Waals surface area contributed by atoms with Crippen molar-refractivity contribution in [1.29, 1.82) is 0 Å². The van der Waals surface area contributed by atoms with Gasteiger partial charge in [0.2, 0.25) is 0 Å². The molecule has 0 saturated carbocycles. The number of hydrogen-bond donors (Lipinski definition) is 2. The number of rotatable bonds is 8. The summed E-state index contributed by atoms with van der Waals surface area (Å²) in [5.74, 6) is -1.42. The molecule has 0 aliphatic carbocycles. The number of carbonyl (C=O) groups is 1. The summed E-state index contributed by atoms with van der Waals surface area (Å²) in [6.45, 7) is -1.11. The Kier molecular flexibility index (Phi) is 6.97. The first-order valence-corrected chi connectivity index (χ1v) is 10.8. The number of aromatic nitrogens is 1. The average Bonchev–Trinajstić information content (AvgIpc) is 3.27. The van der Waals surface area contributed by atoms with Crippen molar-refractivity contribution in [3.63, 3.8) is 0 Å². The van der Waals surface area contributed by atoms with E-state index in [0.29, 0.717) is 35.0 Å². The molecule has 0 bridgehead atoms. The van der Waals surface area contributed by atoms with Crippen LogP contribution >= 0.6 is 0 Å². The van der Waals surface area contributed by atoms with Gasteiger partial charge in [0, 0.05) is 30.6 Å². The maximum atomic E-state index is 13.1. The van der Waals surface area contributed by atoms with Crippen molar-refractivity contribution in [3.05, 3.63) is 59.3 Å². The van der Waals surface area contributed by atoms with Crippen LogP contribution in [0.5, 0.6) is 11.5 Å². The van der Waals surface area contributed by atoms with Crippen LogP contribution in [-0.4, -0.2) is 59.7 Å². The van der Waals surface area contributed by atoms with Crippen LogP contribution in [0.4, 0.5) is 17.6 Å². The molecule has 1 fully saturated rings. The number of aryl methyl sites for hydroxylation is 1. The summed E-state index contributed by atoms with van der Waals surface area (Å²) in [4.78, 5) is 15.9. The lowest BCUT2D eigenvalue weighted by molar-refractivity contribution is -0.0527. The second-order valence-corrected chi connectivity index (χ2v) is 8.29. The Balaban J connectivity index is 1.70. The molecular weight excluding hydrogens is 456 g/mol. The maximum Gasteiger partial charge on any atom is 0.387 e. The molecule has 2 heterocycles. The van der Waals surface area contributed by atoms with E-state index in [-0.39, 0.29) is 23.6 Å². The maximum absolute atomic E-state index is 13.1. The third-order valence-corrected chi connectivity index (χ3v) is 6.06. The molecule has 0 unspecified atom stereocenters. The van der Waals surface area contributed by atoms with Crippen molar-refractivity contribution in [2.24, 2.45) is 0 Å². The van der Waals surface area contributed by atoms with Crippen molar-refractivity contribution in [3.8, 4) is 11.5 Å². The molecule has 2 N–H and O–H groups in total. The van der Waals surface area contributed by atoms with E-state index in [1.54, 1.807) is 36.2 Å². The van der Waals surface area contributed by atoms with Gasteiger partial charge < -0.3 is 19.6 Å². The highest BCUT2D eigenvalue weighted by atomic mass is 19.3. The smallest absolute Gasteiger partial charge is 0.387 e. The van der Waals surface area contributed by atoms with Crippen molar-refractivity contribution in [1.82, 2.24) is 9.88 Å². The fourth-order valence-electron chi connectivity index (χ4n) is 4.50.